The molecular formula is C27H31N5O. The van der Waals surface area contributed by atoms with Gasteiger partial charge in [0, 0.05) is 25.8 Å². The van der Waals surface area contributed by atoms with E-state index >= 15 is 0 Å². The number of hydrogen-bond acceptors (Lipinski definition) is 4. The molecule has 0 saturated carbocycles. The van der Waals surface area contributed by atoms with Crippen molar-refractivity contribution in [1.29, 1.82) is 5.26 Å². The van der Waals surface area contributed by atoms with E-state index < -0.39 is 0 Å². The van der Waals surface area contributed by atoms with Crippen LogP contribution in [-0.4, -0.2) is 45.3 Å². The molecule has 1 saturated heterocycles. The first kappa shape index (κ1) is 22.8. The first-order valence-electron chi connectivity index (χ1n) is 11.7. The molecule has 0 radical (unpaired) electrons. The molecule has 6 heteroatoms. The number of imidazole rings is 1. The Bertz CT molecular complexity index is 1100. The second-order valence-corrected chi connectivity index (χ2v) is 8.71. The van der Waals surface area contributed by atoms with Crippen LogP contribution in [0.3, 0.4) is 0 Å². The Labute approximate surface area is 195 Å². The number of rotatable bonds is 8. The van der Waals surface area contributed by atoms with E-state index in [0.717, 1.165) is 61.3 Å². The number of carbonyl (C=O) groups is 1. The van der Waals surface area contributed by atoms with Crippen molar-refractivity contribution >= 4 is 5.91 Å². The van der Waals surface area contributed by atoms with Crippen LogP contribution in [0, 0.1) is 18.3 Å². The molecule has 1 N–H and O–H groups in total. The lowest BCUT2D eigenvalue weighted by Gasteiger charge is -2.45. The van der Waals surface area contributed by atoms with E-state index in [1.165, 1.54) is 0 Å². The minimum Gasteiger partial charge on any atom is -0.347 e. The first-order chi connectivity index (χ1) is 16.1. The van der Waals surface area contributed by atoms with Gasteiger partial charge in [0.1, 0.15) is 6.04 Å². The summed E-state index contributed by atoms with van der Waals surface area (Å²) in [5, 5.41) is 9.15. The standard InChI is InChI=1S/C27H31N5O/c1-3-4-13-31-14-15-32(26(27(31)33)23-8-6-5-7-20(23)2)25(24-18-29-19-30-24)16-21-9-11-22(17-28)12-10-21/h5-12,18-19,25-26H,3-4,13-16H2,1-2H3,(H,29,30)/t25?,26-/m0/s1. The number of carbonyl (C=O) groups excluding carboxylic acids is 1. The van der Waals surface area contributed by atoms with Crippen LogP contribution in [0.15, 0.2) is 61.1 Å². The van der Waals surface area contributed by atoms with Gasteiger partial charge in [0.15, 0.2) is 0 Å². The summed E-state index contributed by atoms with van der Waals surface area (Å²) < 4.78 is 0. The Morgan fingerprint density at radius 1 is 1.18 bits per heavy atom. The van der Waals surface area contributed by atoms with Gasteiger partial charge in [-0.25, -0.2) is 4.98 Å². The number of aromatic nitrogens is 2. The fraction of sp³-hybridized carbons (Fsp3) is 0.370. The fourth-order valence-corrected chi connectivity index (χ4v) is 4.70. The van der Waals surface area contributed by atoms with Gasteiger partial charge >= 0.3 is 0 Å². The highest BCUT2D eigenvalue weighted by Crippen LogP contribution is 2.37. The summed E-state index contributed by atoms with van der Waals surface area (Å²) in [5.74, 6) is 0.174. The Hall–Kier alpha value is -3.43. The van der Waals surface area contributed by atoms with Crippen molar-refractivity contribution in [2.75, 3.05) is 19.6 Å². The van der Waals surface area contributed by atoms with Crippen LogP contribution in [-0.2, 0) is 11.2 Å². The van der Waals surface area contributed by atoms with Gasteiger partial charge in [-0.3, -0.25) is 9.69 Å². The summed E-state index contributed by atoms with van der Waals surface area (Å²) in [4.78, 5) is 25.8. The molecule has 2 atom stereocenters. The fourth-order valence-electron chi connectivity index (χ4n) is 4.70. The third-order valence-corrected chi connectivity index (χ3v) is 6.56. The van der Waals surface area contributed by atoms with Gasteiger partial charge in [-0.15, -0.1) is 0 Å². The Kier molecular flexibility index (Phi) is 7.21. The molecule has 1 aliphatic heterocycles. The summed E-state index contributed by atoms with van der Waals surface area (Å²) in [6.07, 6.45) is 6.36. The lowest BCUT2D eigenvalue weighted by molar-refractivity contribution is -0.144. The average Bonchev–Trinajstić information content (AvgIpc) is 3.37. The molecule has 1 aliphatic rings. The Balaban J connectivity index is 1.72. The number of nitrogens with one attached hydrogen (secondary N) is 1. The van der Waals surface area contributed by atoms with Gasteiger partial charge in [0.25, 0.3) is 0 Å². The van der Waals surface area contributed by atoms with E-state index in [4.69, 9.17) is 5.26 Å². The zero-order chi connectivity index (χ0) is 23.2. The van der Waals surface area contributed by atoms with Crippen LogP contribution in [0.5, 0.6) is 0 Å². The second-order valence-electron chi connectivity index (χ2n) is 8.71. The summed E-state index contributed by atoms with van der Waals surface area (Å²) in [6, 6.07) is 17.7. The molecular weight excluding hydrogens is 410 g/mol. The zero-order valence-electron chi connectivity index (χ0n) is 19.4. The van der Waals surface area contributed by atoms with Crippen molar-refractivity contribution in [3.63, 3.8) is 0 Å². The smallest absolute Gasteiger partial charge is 0.244 e. The van der Waals surface area contributed by atoms with Crippen molar-refractivity contribution in [1.82, 2.24) is 19.8 Å². The van der Waals surface area contributed by atoms with E-state index in [-0.39, 0.29) is 18.0 Å². The highest BCUT2D eigenvalue weighted by atomic mass is 16.2. The number of piperazine rings is 1. The van der Waals surface area contributed by atoms with Gasteiger partial charge < -0.3 is 9.88 Å². The molecule has 3 aromatic rings. The number of aryl methyl sites for hydroxylation is 1. The zero-order valence-corrected chi connectivity index (χ0v) is 19.4. The van der Waals surface area contributed by atoms with Gasteiger partial charge in [-0.2, -0.15) is 5.26 Å². The number of amides is 1. The number of hydrogen-bond donors (Lipinski definition) is 1. The van der Waals surface area contributed by atoms with Crippen molar-refractivity contribution < 1.29 is 4.79 Å². The molecule has 1 fully saturated rings. The molecule has 1 aromatic heterocycles. The maximum atomic E-state index is 13.8. The molecule has 0 spiro atoms. The van der Waals surface area contributed by atoms with E-state index in [1.54, 1.807) is 6.33 Å². The van der Waals surface area contributed by atoms with Crippen LogP contribution in [0.4, 0.5) is 0 Å². The number of aromatic amines is 1. The van der Waals surface area contributed by atoms with Crippen LogP contribution in [0.2, 0.25) is 0 Å². The van der Waals surface area contributed by atoms with E-state index in [9.17, 15) is 4.79 Å². The Morgan fingerprint density at radius 3 is 2.64 bits per heavy atom. The molecule has 1 amide bonds. The third-order valence-electron chi connectivity index (χ3n) is 6.56. The van der Waals surface area contributed by atoms with Gasteiger partial charge in [0.05, 0.1) is 29.7 Å². The lowest BCUT2D eigenvalue weighted by Crippen LogP contribution is -2.53. The molecule has 33 heavy (non-hydrogen) atoms. The van der Waals surface area contributed by atoms with E-state index in [0.29, 0.717) is 5.56 Å². The van der Waals surface area contributed by atoms with Crippen LogP contribution in [0.25, 0.3) is 0 Å². The van der Waals surface area contributed by atoms with Gasteiger partial charge in [-0.1, -0.05) is 49.7 Å². The molecule has 0 bridgehead atoms. The minimum absolute atomic E-state index is 0.0395. The van der Waals surface area contributed by atoms with Gasteiger partial charge in [0.2, 0.25) is 5.91 Å². The third kappa shape index (κ3) is 4.99. The largest absolute Gasteiger partial charge is 0.347 e. The number of unbranched alkanes of at least 4 members (excludes halogenated alkanes) is 1. The molecule has 6 nitrogen and oxygen atoms in total. The Morgan fingerprint density at radius 2 is 1.97 bits per heavy atom. The molecule has 170 valence electrons. The van der Waals surface area contributed by atoms with Crippen LogP contribution in [0.1, 0.15) is 59.8 Å². The number of nitriles is 1. The monoisotopic (exact) mass is 441 g/mol. The summed E-state index contributed by atoms with van der Waals surface area (Å²) in [7, 11) is 0. The highest BCUT2D eigenvalue weighted by molar-refractivity contribution is 5.84. The summed E-state index contributed by atoms with van der Waals surface area (Å²) in [6.45, 7) is 6.55. The summed E-state index contributed by atoms with van der Waals surface area (Å²) >= 11 is 0. The molecule has 0 aliphatic carbocycles. The van der Waals surface area contributed by atoms with Gasteiger partial charge in [-0.05, 0) is 48.6 Å². The SMILES string of the molecule is CCCCN1CCN(C(Cc2ccc(C#N)cc2)c2cnc[nH]2)[C@@H](c2ccccc2C)C1=O. The summed E-state index contributed by atoms with van der Waals surface area (Å²) in [5.41, 5.74) is 4.95. The maximum Gasteiger partial charge on any atom is 0.244 e. The topological polar surface area (TPSA) is 76.0 Å². The van der Waals surface area contributed by atoms with E-state index in [1.807, 2.05) is 47.5 Å². The van der Waals surface area contributed by atoms with E-state index in [2.05, 4.69) is 46.9 Å². The molecule has 1 unspecified atom stereocenters. The number of H-pyrrole nitrogens is 1. The predicted octanol–water partition coefficient (Wildman–Crippen LogP) is 4.56. The number of benzene rings is 2. The molecule has 2 heterocycles. The average molecular weight is 442 g/mol. The van der Waals surface area contributed by atoms with Crippen LogP contribution < -0.4 is 0 Å². The van der Waals surface area contributed by atoms with Crippen molar-refractivity contribution in [3.8, 4) is 6.07 Å². The predicted molar refractivity (Wildman–Crippen MR) is 128 cm³/mol. The highest BCUT2D eigenvalue weighted by Gasteiger charge is 2.40. The normalized spacial score (nSPS) is 17.7. The minimum atomic E-state index is -0.344. The quantitative estimate of drug-likeness (QED) is 0.556. The van der Waals surface area contributed by atoms with Crippen molar-refractivity contribution in [3.05, 3.63) is 89.0 Å². The first-order valence-corrected chi connectivity index (χ1v) is 11.7. The second kappa shape index (κ2) is 10.5. The molecule has 4 rings (SSSR count). The molecule has 2 aromatic carbocycles. The van der Waals surface area contributed by atoms with Crippen molar-refractivity contribution in [2.24, 2.45) is 0 Å². The number of nitrogens with zero attached hydrogens (tertiary/aromatic N) is 4. The maximum absolute atomic E-state index is 13.8. The van der Waals surface area contributed by atoms with Crippen molar-refractivity contribution in [2.45, 2.75) is 45.2 Å². The van der Waals surface area contributed by atoms with Crippen LogP contribution >= 0.6 is 0 Å². The lowest BCUT2D eigenvalue weighted by atomic mass is 9.92.